The molecule has 310 valence electrons. The number of nitrogens with two attached hydrogens (primary N) is 1. The van der Waals surface area contributed by atoms with Crippen LogP contribution in [0.25, 0.3) is 0 Å². The van der Waals surface area contributed by atoms with Gasteiger partial charge >= 0.3 is 12.2 Å². The molecule has 2 amide bonds. The monoisotopic (exact) mass is 783 g/mol. The largest absolute Gasteiger partial charge is 0.450 e. The van der Waals surface area contributed by atoms with Crippen LogP contribution >= 0.6 is 0 Å². The number of amides is 2. The molecular weight excluding hydrogens is 709 g/mol. The van der Waals surface area contributed by atoms with Gasteiger partial charge in [0, 0.05) is 40.7 Å². The van der Waals surface area contributed by atoms with Gasteiger partial charge in [-0.3, -0.25) is 9.59 Å². The van der Waals surface area contributed by atoms with E-state index in [-0.39, 0.29) is 29.4 Å². The third kappa shape index (κ3) is 10.2. The Morgan fingerprint density at radius 2 is 1.71 bits per heavy atom. The van der Waals surface area contributed by atoms with Gasteiger partial charge in [-0.25, -0.2) is 9.59 Å². The highest BCUT2D eigenvalue weighted by Gasteiger charge is 2.59. The number of nitrogens with zero attached hydrogens (tertiary/aromatic N) is 1. The fourth-order valence-corrected chi connectivity index (χ4v) is 12.0. The lowest BCUT2D eigenvalue weighted by Gasteiger charge is -2.58. The molecule has 11 heteroatoms. The van der Waals surface area contributed by atoms with Crippen LogP contribution in [0, 0.1) is 46.3 Å². The van der Waals surface area contributed by atoms with Crippen LogP contribution < -0.4 is 27.2 Å². The minimum atomic E-state index is -1.38. The normalized spacial score (nSPS) is 29.5. The molecule has 4 aliphatic rings. The first-order valence-electron chi connectivity index (χ1n) is 21.8. The second-order valence-electron chi connectivity index (χ2n) is 20.0. The van der Waals surface area contributed by atoms with Crippen LogP contribution in [0.4, 0.5) is 21.0 Å². The van der Waals surface area contributed by atoms with Gasteiger partial charge in [0.25, 0.3) is 10.9 Å². The van der Waals surface area contributed by atoms with Gasteiger partial charge in [-0.2, -0.15) is 0 Å². The smallest absolute Gasteiger partial charge is 0.409 e. The highest BCUT2D eigenvalue weighted by Crippen LogP contribution is 2.67. The van der Waals surface area contributed by atoms with Gasteiger partial charge in [-0.05, 0) is 110 Å². The van der Waals surface area contributed by atoms with Crippen LogP contribution in [0.2, 0.25) is 25.7 Å². The van der Waals surface area contributed by atoms with Crippen molar-refractivity contribution in [3.63, 3.8) is 0 Å². The van der Waals surface area contributed by atoms with Gasteiger partial charge in [0.15, 0.2) is 0 Å². The molecule has 1 aromatic rings. The lowest BCUT2D eigenvalue weighted by atomic mass is 9.47. The van der Waals surface area contributed by atoms with Gasteiger partial charge in [-0.1, -0.05) is 85.2 Å². The number of unbranched alkanes of at least 4 members (excludes halogenated alkanes) is 1. The number of ether oxygens (including phenoxy) is 2. The maximum atomic E-state index is 13.1. The van der Waals surface area contributed by atoms with E-state index in [2.05, 4.69) is 71.0 Å². The number of allylic oxidation sites excluding steroid dienone is 1. The fraction of sp³-hybridized carbons (Fsp3) is 0.818. The van der Waals surface area contributed by atoms with Crippen molar-refractivity contribution in [1.82, 2.24) is 10.2 Å². The van der Waals surface area contributed by atoms with Gasteiger partial charge < -0.3 is 30.7 Å². The topological polar surface area (TPSA) is 140 Å². The van der Waals surface area contributed by atoms with Crippen LogP contribution in [-0.2, 0) is 9.47 Å². The van der Waals surface area contributed by atoms with E-state index in [9.17, 15) is 19.2 Å². The molecule has 0 aromatic heterocycles. The molecule has 0 unspecified atom stereocenters. The number of nitrogen functional groups attached to an aromatic ring is 1. The number of rotatable bonds is 18. The summed E-state index contributed by atoms with van der Waals surface area (Å²) in [6.07, 6.45) is 16.4. The third-order valence-corrected chi connectivity index (χ3v) is 16.3. The van der Waals surface area contributed by atoms with Crippen LogP contribution in [0.5, 0.6) is 0 Å². The van der Waals surface area contributed by atoms with Crippen molar-refractivity contribution in [1.29, 1.82) is 0 Å². The molecule has 0 radical (unpaired) electrons. The van der Waals surface area contributed by atoms with E-state index < -0.39 is 31.1 Å². The molecule has 0 aliphatic heterocycles. The molecule has 3 saturated carbocycles. The summed E-state index contributed by atoms with van der Waals surface area (Å²) in [7, 11) is -1.38. The summed E-state index contributed by atoms with van der Waals surface area (Å²) < 4.78 is 11.7. The van der Waals surface area contributed by atoms with Gasteiger partial charge in [0.05, 0.1) is 6.61 Å². The molecule has 10 nitrogen and oxygen atoms in total. The zero-order chi connectivity index (χ0) is 40.1. The van der Waals surface area contributed by atoms with Crippen molar-refractivity contribution in [3.05, 3.63) is 32.1 Å². The summed E-state index contributed by atoms with van der Waals surface area (Å²) in [6, 6.07) is 0.876. The number of hydrogen-bond acceptors (Lipinski definition) is 8. The zero-order valence-corrected chi connectivity index (χ0v) is 36.5. The molecule has 5 rings (SSSR count). The van der Waals surface area contributed by atoms with Gasteiger partial charge in [-0.15, -0.1) is 0 Å². The predicted molar refractivity (Wildman–Crippen MR) is 226 cm³/mol. The molecule has 4 N–H and O–H groups in total. The number of carbonyl (C=O) groups excluding carboxylic acids is 2. The molecule has 4 aliphatic carbocycles. The third-order valence-electron chi connectivity index (χ3n) is 14.6. The molecule has 1 aromatic carbocycles. The highest BCUT2D eigenvalue weighted by atomic mass is 28.3. The second-order valence-corrected chi connectivity index (χ2v) is 25.6. The van der Waals surface area contributed by atoms with Gasteiger partial charge in [0.2, 0.25) is 0 Å². The molecule has 55 heavy (non-hydrogen) atoms. The summed E-state index contributed by atoms with van der Waals surface area (Å²) in [5.74, 6) is 4.80. The van der Waals surface area contributed by atoms with E-state index in [0.717, 1.165) is 60.8 Å². The van der Waals surface area contributed by atoms with Crippen molar-refractivity contribution in [2.24, 2.45) is 46.3 Å². The van der Waals surface area contributed by atoms with Crippen molar-refractivity contribution in [2.45, 2.75) is 150 Å². The Morgan fingerprint density at radius 3 is 2.42 bits per heavy atom. The molecule has 0 heterocycles. The number of alkyl carbamates (subject to hydrolysis) is 1. The van der Waals surface area contributed by atoms with Crippen molar-refractivity contribution < 1.29 is 19.1 Å². The molecule has 0 saturated heterocycles. The Morgan fingerprint density at radius 1 is 0.945 bits per heavy atom. The van der Waals surface area contributed by atoms with Crippen LogP contribution in [0.1, 0.15) is 118 Å². The number of hydrogen-bond donors (Lipinski definition) is 3. The number of fused-ring (bicyclic) bond motifs is 5. The van der Waals surface area contributed by atoms with Crippen LogP contribution in [0.3, 0.4) is 0 Å². The Bertz CT molecular complexity index is 1580. The van der Waals surface area contributed by atoms with Crippen molar-refractivity contribution in [3.8, 4) is 0 Å². The average molecular weight is 783 g/mol. The van der Waals surface area contributed by atoms with Crippen molar-refractivity contribution >= 4 is 31.6 Å². The summed E-state index contributed by atoms with van der Waals surface area (Å²) in [5.41, 5.74) is 6.72. The summed E-state index contributed by atoms with van der Waals surface area (Å²) in [6.45, 7) is 21.0. The molecule has 3 fully saturated rings. The van der Waals surface area contributed by atoms with E-state index in [4.69, 9.17) is 15.2 Å². The van der Waals surface area contributed by atoms with E-state index in [0.29, 0.717) is 44.5 Å². The summed E-state index contributed by atoms with van der Waals surface area (Å²) in [4.78, 5) is 50.8. The second kappa shape index (κ2) is 18.2. The average Bonchev–Trinajstić information content (AvgIpc) is 3.48. The minimum absolute atomic E-state index is 0.0199. The minimum Gasteiger partial charge on any atom is -0.450 e. The summed E-state index contributed by atoms with van der Waals surface area (Å²) >= 11 is 0. The number of anilines is 2. The van der Waals surface area contributed by atoms with E-state index in [1.54, 1.807) is 4.90 Å². The highest BCUT2D eigenvalue weighted by molar-refractivity contribution is 6.76. The Balaban J connectivity index is 1.09. The van der Waals surface area contributed by atoms with Crippen LogP contribution in [-0.4, -0.2) is 64.1 Å². The lowest BCUT2D eigenvalue weighted by Crippen LogP contribution is -2.51. The molecule has 0 spiro atoms. The zero-order valence-electron chi connectivity index (χ0n) is 35.5. The van der Waals surface area contributed by atoms with E-state index in [1.807, 2.05) is 0 Å². The lowest BCUT2D eigenvalue weighted by molar-refractivity contribution is -0.0581. The quantitative estimate of drug-likeness (QED) is 0.0581. The first-order valence-corrected chi connectivity index (χ1v) is 25.5. The number of nitrogens with one attached hydrogen (secondary N) is 2. The predicted octanol–water partition coefficient (Wildman–Crippen LogP) is 8.97. The van der Waals surface area contributed by atoms with E-state index in [1.165, 1.54) is 56.9 Å². The SMILES string of the molecule is CC(C)CCC[C@@H](C)[C@H]1CC[C@H]2[C@@H]3CC=C4C[C@@H](OC(=O)NCCN(CCCCNc5c(N)c(=O)c5=O)C(=O)OCC[Si](C)(C)C)CC[C@]4(C)[C@H]3CC[C@]12C. The molecule has 0 bridgehead atoms. The Kier molecular flexibility index (Phi) is 14.3. The summed E-state index contributed by atoms with van der Waals surface area (Å²) in [5, 5.41) is 5.84. The van der Waals surface area contributed by atoms with Crippen LogP contribution in [0.15, 0.2) is 21.2 Å². The molecule has 8 atom stereocenters. The van der Waals surface area contributed by atoms with E-state index >= 15 is 0 Å². The first-order chi connectivity index (χ1) is 25.9. The Hall–Kier alpha value is -2.82. The molecular formula is C44H74N4O6Si. The fourth-order valence-electron chi connectivity index (χ4n) is 11.3. The standard InChI is InChI=1S/C44H74N4O6Si/c1-29(2)12-11-13-30(3)34-16-17-35-33-15-14-31-28-32(18-20-43(31,4)36(33)19-21-44(34,35)5)54-41(51)47-23-25-48(42(52)53-26-27-55(6,7)8)24-10-9-22-46-38-37(45)39(49)40(38)50/h14,29-30,32-36,46H,9-13,15-28,45H2,1-8H3,(H,47,51)/t30-,32+,33+,34-,35+,36+,43+,44-/m1/s1. The Labute approximate surface area is 332 Å². The van der Waals surface area contributed by atoms with Gasteiger partial charge in [0.1, 0.15) is 17.5 Å². The number of carbonyl (C=O) groups is 2. The maximum Gasteiger partial charge on any atom is 0.409 e. The van der Waals surface area contributed by atoms with Crippen molar-refractivity contribution in [2.75, 3.05) is 43.8 Å². The maximum absolute atomic E-state index is 13.1. The first kappa shape index (κ1) is 43.3.